The summed E-state index contributed by atoms with van der Waals surface area (Å²) in [6.45, 7) is 4.92. The van der Waals surface area contributed by atoms with Crippen molar-refractivity contribution in [2.24, 2.45) is 0 Å². The molecule has 3 rings (SSSR count). The van der Waals surface area contributed by atoms with Gasteiger partial charge in [0.05, 0.1) is 17.1 Å². The molecule has 0 spiro atoms. The van der Waals surface area contributed by atoms with Gasteiger partial charge in [0, 0.05) is 18.7 Å². The highest BCUT2D eigenvalue weighted by Gasteiger charge is 2.27. The van der Waals surface area contributed by atoms with Gasteiger partial charge < -0.3 is 9.47 Å². The van der Waals surface area contributed by atoms with Crippen LogP contribution in [0.3, 0.4) is 0 Å². The van der Waals surface area contributed by atoms with Crippen LogP contribution in [-0.2, 0) is 14.8 Å². The summed E-state index contributed by atoms with van der Waals surface area (Å²) in [6.07, 6.45) is 0.719. The van der Waals surface area contributed by atoms with E-state index in [1.54, 1.807) is 24.3 Å². The predicted octanol–water partition coefficient (Wildman–Crippen LogP) is 3.30. The fourth-order valence-electron chi connectivity index (χ4n) is 3.24. The van der Waals surface area contributed by atoms with Crippen LogP contribution in [0.15, 0.2) is 53.4 Å². The van der Waals surface area contributed by atoms with Crippen molar-refractivity contribution < 1.29 is 27.5 Å². The first-order valence-electron chi connectivity index (χ1n) is 9.91. The number of benzene rings is 2. The van der Waals surface area contributed by atoms with Crippen LogP contribution in [0, 0.1) is 0 Å². The first-order chi connectivity index (χ1) is 14.3. The minimum absolute atomic E-state index is 0.138. The molecule has 2 aromatic rings. The van der Waals surface area contributed by atoms with E-state index in [1.807, 2.05) is 6.92 Å². The number of carbonyl (C=O) groups is 2. The number of esters is 1. The number of ether oxygens (including phenoxy) is 2. The van der Waals surface area contributed by atoms with Crippen molar-refractivity contribution in [3.8, 4) is 5.75 Å². The van der Waals surface area contributed by atoms with Gasteiger partial charge in [0.25, 0.3) is 0 Å². The molecule has 0 radical (unpaired) electrons. The van der Waals surface area contributed by atoms with Crippen LogP contribution in [0.5, 0.6) is 5.75 Å². The van der Waals surface area contributed by atoms with E-state index in [9.17, 15) is 18.0 Å². The third-order valence-corrected chi connectivity index (χ3v) is 6.81. The maximum absolute atomic E-state index is 12.6. The van der Waals surface area contributed by atoms with Gasteiger partial charge >= 0.3 is 5.97 Å². The van der Waals surface area contributed by atoms with Crippen LogP contribution in [-0.4, -0.2) is 50.3 Å². The van der Waals surface area contributed by atoms with Gasteiger partial charge in [-0.25, -0.2) is 13.2 Å². The van der Waals surface area contributed by atoms with Crippen molar-refractivity contribution in [2.45, 2.75) is 37.7 Å². The predicted molar refractivity (Wildman–Crippen MR) is 111 cm³/mol. The molecule has 1 aliphatic heterocycles. The monoisotopic (exact) mass is 431 g/mol. The first-order valence-corrected chi connectivity index (χ1v) is 11.3. The second kappa shape index (κ2) is 9.40. The largest absolute Gasteiger partial charge is 0.494 e. The Balaban J connectivity index is 1.64. The SMILES string of the molecule is CCOc1ccc(C(=O)[C@@H](C)OC(=O)c2ccc(S(=O)(=O)N3CCCC3)cc2)cc1. The van der Waals surface area contributed by atoms with Crippen LogP contribution in [0.2, 0.25) is 0 Å². The molecular weight excluding hydrogens is 406 g/mol. The fourth-order valence-corrected chi connectivity index (χ4v) is 4.76. The molecule has 0 aromatic heterocycles. The quantitative estimate of drug-likeness (QED) is 0.471. The molecule has 0 N–H and O–H groups in total. The lowest BCUT2D eigenvalue weighted by Gasteiger charge is -2.16. The topological polar surface area (TPSA) is 90.0 Å². The zero-order valence-corrected chi connectivity index (χ0v) is 17.9. The van der Waals surface area contributed by atoms with Crippen LogP contribution in [0.25, 0.3) is 0 Å². The lowest BCUT2D eigenvalue weighted by Crippen LogP contribution is -2.28. The molecule has 7 nitrogen and oxygen atoms in total. The number of carbonyl (C=O) groups excluding carboxylic acids is 2. The van der Waals surface area contributed by atoms with Crippen molar-refractivity contribution in [3.05, 3.63) is 59.7 Å². The van der Waals surface area contributed by atoms with Gasteiger partial charge in [-0.05, 0) is 75.2 Å². The van der Waals surface area contributed by atoms with Crippen molar-refractivity contribution in [1.82, 2.24) is 4.31 Å². The molecule has 0 saturated carbocycles. The molecule has 1 heterocycles. The third-order valence-electron chi connectivity index (χ3n) is 4.90. The molecule has 1 aliphatic rings. The zero-order valence-electron chi connectivity index (χ0n) is 17.0. The Kier molecular flexibility index (Phi) is 6.89. The molecule has 0 amide bonds. The lowest BCUT2D eigenvalue weighted by atomic mass is 10.1. The van der Waals surface area contributed by atoms with Gasteiger partial charge in [0.1, 0.15) is 5.75 Å². The minimum Gasteiger partial charge on any atom is -0.494 e. The van der Waals surface area contributed by atoms with E-state index in [4.69, 9.17) is 9.47 Å². The maximum atomic E-state index is 12.6. The number of hydrogen-bond acceptors (Lipinski definition) is 6. The number of hydrogen-bond donors (Lipinski definition) is 0. The lowest BCUT2D eigenvalue weighted by molar-refractivity contribution is 0.0318. The highest BCUT2D eigenvalue weighted by Crippen LogP contribution is 2.21. The van der Waals surface area contributed by atoms with Gasteiger partial charge in [-0.3, -0.25) is 4.79 Å². The summed E-state index contributed by atoms with van der Waals surface area (Å²) in [5.74, 6) is -0.366. The van der Waals surface area contributed by atoms with Crippen LogP contribution < -0.4 is 4.74 Å². The summed E-state index contributed by atoms with van der Waals surface area (Å²) in [5, 5.41) is 0. The molecule has 0 bridgehead atoms. The van der Waals surface area contributed by atoms with E-state index in [2.05, 4.69) is 0 Å². The number of Topliss-reactive ketones (excluding diaryl/α,β-unsaturated/α-hetero) is 1. The van der Waals surface area contributed by atoms with Crippen LogP contribution >= 0.6 is 0 Å². The Morgan fingerprint density at radius 3 is 2.10 bits per heavy atom. The van der Waals surface area contributed by atoms with E-state index < -0.39 is 22.1 Å². The summed E-state index contributed by atoms with van der Waals surface area (Å²) in [4.78, 5) is 25.0. The number of rotatable bonds is 8. The summed E-state index contributed by atoms with van der Waals surface area (Å²) >= 11 is 0. The maximum Gasteiger partial charge on any atom is 0.338 e. The molecule has 0 unspecified atom stereocenters. The Morgan fingerprint density at radius 1 is 0.967 bits per heavy atom. The van der Waals surface area contributed by atoms with E-state index in [0.717, 1.165) is 12.8 Å². The first kappa shape index (κ1) is 22.0. The summed E-state index contributed by atoms with van der Waals surface area (Å²) in [7, 11) is -3.54. The Labute approximate surface area is 176 Å². The standard InChI is InChI=1S/C22H25NO6S/c1-3-28-19-10-6-17(7-11-19)21(24)16(2)29-22(25)18-8-12-20(13-9-18)30(26,27)23-14-4-5-15-23/h6-13,16H,3-5,14-15H2,1-2H3/t16-/m1/s1. The summed E-state index contributed by atoms with van der Waals surface area (Å²) < 4.78 is 37.2. The van der Waals surface area contributed by atoms with E-state index >= 15 is 0 Å². The highest BCUT2D eigenvalue weighted by molar-refractivity contribution is 7.89. The van der Waals surface area contributed by atoms with Crippen molar-refractivity contribution in [1.29, 1.82) is 0 Å². The molecule has 0 aliphatic carbocycles. The number of nitrogens with zero attached hydrogens (tertiary/aromatic N) is 1. The van der Waals surface area contributed by atoms with Gasteiger partial charge in [0.15, 0.2) is 6.10 Å². The third kappa shape index (κ3) is 4.88. The van der Waals surface area contributed by atoms with Gasteiger partial charge in [-0.15, -0.1) is 0 Å². The molecule has 30 heavy (non-hydrogen) atoms. The average molecular weight is 432 g/mol. The summed E-state index contributed by atoms with van der Waals surface area (Å²) in [6, 6.07) is 12.2. The molecule has 1 atom stereocenters. The second-order valence-corrected chi connectivity index (χ2v) is 8.94. The molecular formula is C22H25NO6S. The van der Waals surface area contributed by atoms with Gasteiger partial charge in [0.2, 0.25) is 15.8 Å². The van der Waals surface area contributed by atoms with E-state index in [0.29, 0.717) is 31.0 Å². The summed E-state index contributed by atoms with van der Waals surface area (Å²) in [5.41, 5.74) is 0.590. The normalized spacial score (nSPS) is 15.5. The second-order valence-electron chi connectivity index (χ2n) is 7.00. The van der Waals surface area contributed by atoms with E-state index in [1.165, 1.54) is 35.5 Å². The zero-order chi connectivity index (χ0) is 21.7. The van der Waals surface area contributed by atoms with Crippen molar-refractivity contribution >= 4 is 21.8 Å². The molecule has 8 heteroatoms. The molecule has 2 aromatic carbocycles. The minimum atomic E-state index is -3.54. The Bertz CT molecular complexity index is 993. The van der Waals surface area contributed by atoms with E-state index in [-0.39, 0.29) is 16.2 Å². The molecule has 1 fully saturated rings. The molecule has 160 valence electrons. The Hall–Kier alpha value is -2.71. The van der Waals surface area contributed by atoms with Crippen LogP contribution in [0.4, 0.5) is 0 Å². The number of ketones is 1. The number of sulfonamides is 1. The fraction of sp³-hybridized carbons (Fsp3) is 0.364. The van der Waals surface area contributed by atoms with Gasteiger partial charge in [-0.1, -0.05) is 0 Å². The van der Waals surface area contributed by atoms with Crippen LogP contribution in [0.1, 0.15) is 47.4 Å². The van der Waals surface area contributed by atoms with Crippen molar-refractivity contribution in [2.75, 3.05) is 19.7 Å². The Morgan fingerprint density at radius 2 is 1.53 bits per heavy atom. The molecule has 1 saturated heterocycles. The smallest absolute Gasteiger partial charge is 0.338 e. The highest BCUT2D eigenvalue weighted by atomic mass is 32.2. The van der Waals surface area contributed by atoms with Crippen molar-refractivity contribution in [3.63, 3.8) is 0 Å². The average Bonchev–Trinajstić information content (AvgIpc) is 3.30. The van der Waals surface area contributed by atoms with Gasteiger partial charge in [-0.2, -0.15) is 4.31 Å².